The Balaban J connectivity index is 1.48. The summed E-state index contributed by atoms with van der Waals surface area (Å²) in [4.78, 5) is 44.3. The summed E-state index contributed by atoms with van der Waals surface area (Å²) in [7, 11) is 1.17. The molecule has 0 bridgehead atoms. The number of carbonyl (C=O) groups is 3. The van der Waals surface area contributed by atoms with Crippen LogP contribution >= 0.6 is 22.9 Å². The summed E-state index contributed by atoms with van der Waals surface area (Å²) in [6.45, 7) is 8.87. The van der Waals surface area contributed by atoms with E-state index in [1.807, 2.05) is 6.92 Å². The van der Waals surface area contributed by atoms with Gasteiger partial charge in [-0.1, -0.05) is 35.6 Å². The number of nitrogens with zero attached hydrogens (tertiary/aromatic N) is 3. The monoisotopic (exact) mass is 560 g/mol. The summed E-state index contributed by atoms with van der Waals surface area (Å²) in [6.07, 6.45) is 5.63. The van der Waals surface area contributed by atoms with E-state index in [-0.39, 0.29) is 22.4 Å². The predicted molar refractivity (Wildman–Crippen MR) is 142 cm³/mol. The maximum atomic E-state index is 14.2. The Morgan fingerprint density at radius 3 is 2.71 bits per heavy atom. The standard InChI is InChI=1S/C26H26ClFN4O5S/c1-5-17(27)10-20-15(2)32(14-26(20)8-9-31(13-26)16(3)33)25(35)30-24-29-12-22(38-24)37-18-6-7-19(21(28)11-18)23(34)36-4/h5-7,10-12H,2,8-9,13-14H2,1,3-4H3,(H,29,30,35)/b17-5+,20-10+. The smallest absolute Gasteiger partial charge is 0.340 e. The lowest BCUT2D eigenvalue weighted by Gasteiger charge is -2.25. The van der Waals surface area contributed by atoms with Gasteiger partial charge in [-0.2, -0.15) is 0 Å². The third-order valence-electron chi connectivity index (χ3n) is 6.53. The molecule has 2 aliphatic rings. The Morgan fingerprint density at radius 1 is 1.32 bits per heavy atom. The number of carbonyl (C=O) groups excluding carboxylic acids is 3. The van der Waals surface area contributed by atoms with Gasteiger partial charge in [0.15, 0.2) is 5.13 Å². The molecule has 1 aromatic carbocycles. The number of ether oxygens (including phenoxy) is 2. The van der Waals surface area contributed by atoms with E-state index >= 15 is 0 Å². The molecular formula is C26H26ClFN4O5S. The van der Waals surface area contributed by atoms with Crippen molar-refractivity contribution in [1.29, 1.82) is 0 Å². The molecule has 1 spiro atoms. The molecule has 1 N–H and O–H groups in total. The molecule has 0 aliphatic carbocycles. The lowest BCUT2D eigenvalue weighted by molar-refractivity contribution is -0.128. The molecule has 4 rings (SSSR count). The van der Waals surface area contributed by atoms with Crippen LogP contribution in [0.25, 0.3) is 0 Å². The van der Waals surface area contributed by atoms with Crippen LogP contribution in [0, 0.1) is 11.2 Å². The van der Waals surface area contributed by atoms with Gasteiger partial charge in [0.25, 0.3) is 0 Å². The number of hydrogen-bond donors (Lipinski definition) is 1. The molecule has 2 fully saturated rings. The van der Waals surface area contributed by atoms with Gasteiger partial charge in [0.2, 0.25) is 11.0 Å². The van der Waals surface area contributed by atoms with Crippen molar-refractivity contribution in [3.63, 3.8) is 0 Å². The normalized spacial score (nSPS) is 20.4. The summed E-state index contributed by atoms with van der Waals surface area (Å²) in [5, 5.41) is 3.83. The van der Waals surface area contributed by atoms with Gasteiger partial charge in [0, 0.05) is 48.8 Å². The number of thiazole rings is 1. The zero-order chi connectivity index (χ0) is 27.6. The quantitative estimate of drug-likeness (QED) is 0.483. The van der Waals surface area contributed by atoms with Gasteiger partial charge >= 0.3 is 12.0 Å². The molecule has 200 valence electrons. The second-order valence-electron chi connectivity index (χ2n) is 8.89. The molecule has 3 heterocycles. The van der Waals surface area contributed by atoms with Crippen LogP contribution in [0.2, 0.25) is 0 Å². The number of esters is 1. The van der Waals surface area contributed by atoms with Gasteiger partial charge < -0.3 is 14.4 Å². The third kappa shape index (κ3) is 5.44. The molecule has 9 nitrogen and oxygen atoms in total. The van der Waals surface area contributed by atoms with Gasteiger partial charge in [-0.05, 0) is 37.1 Å². The van der Waals surface area contributed by atoms with Crippen molar-refractivity contribution in [2.75, 3.05) is 32.1 Å². The molecule has 1 unspecified atom stereocenters. The highest BCUT2D eigenvalue weighted by molar-refractivity contribution is 7.17. The lowest BCUT2D eigenvalue weighted by Crippen LogP contribution is -2.36. The Hall–Kier alpha value is -3.70. The summed E-state index contributed by atoms with van der Waals surface area (Å²) in [6, 6.07) is 3.31. The molecule has 2 aromatic rings. The molecule has 0 saturated carbocycles. The first-order valence-electron chi connectivity index (χ1n) is 11.7. The maximum absolute atomic E-state index is 14.2. The van der Waals surface area contributed by atoms with Crippen molar-refractivity contribution >= 4 is 46.0 Å². The Morgan fingerprint density at radius 2 is 2.08 bits per heavy atom. The van der Waals surface area contributed by atoms with Gasteiger partial charge in [-0.25, -0.2) is 19.0 Å². The van der Waals surface area contributed by atoms with Crippen molar-refractivity contribution in [3.05, 3.63) is 70.8 Å². The van der Waals surface area contributed by atoms with Crippen molar-refractivity contribution < 1.29 is 28.2 Å². The maximum Gasteiger partial charge on any atom is 0.340 e. The number of hydrogen-bond acceptors (Lipinski definition) is 7. The number of aromatic nitrogens is 1. The zero-order valence-corrected chi connectivity index (χ0v) is 22.6. The molecule has 1 aromatic heterocycles. The summed E-state index contributed by atoms with van der Waals surface area (Å²) >= 11 is 7.36. The Bertz CT molecular complexity index is 1370. The lowest BCUT2D eigenvalue weighted by atomic mass is 9.81. The topological polar surface area (TPSA) is 101 Å². The number of halogens is 2. The van der Waals surface area contributed by atoms with Crippen LogP contribution in [-0.4, -0.2) is 59.4 Å². The van der Waals surface area contributed by atoms with Crippen LogP contribution in [0.5, 0.6) is 10.8 Å². The third-order valence-corrected chi connectivity index (χ3v) is 7.65. The first-order valence-corrected chi connectivity index (χ1v) is 12.8. The van der Waals surface area contributed by atoms with E-state index in [9.17, 15) is 18.8 Å². The fourth-order valence-corrected chi connectivity index (χ4v) is 5.34. The number of likely N-dealkylation sites (tertiary alicyclic amines) is 2. The molecule has 38 heavy (non-hydrogen) atoms. The number of anilines is 1. The predicted octanol–water partition coefficient (Wildman–Crippen LogP) is 5.53. The van der Waals surface area contributed by atoms with Crippen molar-refractivity contribution in [2.24, 2.45) is 5.41 Å². The van der Waals surface area contributed by atoms with E-state index in [1.165, 1.54) is 37.3 Å². The number of allylic oxidation sites excluding steroid dienone is 4. The van der Waals surface area contributed by atoms with Crippen LogP contribution in [0.4, 0.5) is 14.3 Å². The second-order valence-corrected chi connectivity index (χ2v) is 10.3. The molecule has 0 radical (unpaired) electrons. The number of methoxy groups -OCH3 is 1. The summed E-state index contributed by atoms with van der Waals surface area (Å²) in [5.41, 5.74) is 0.640. The van der Waals surface area contributed by atoms with E-state index in [0.717, 1.165) is 23.0 Å². The molecule has 12 heteroatoms. The van der Waals surface area contributed by atoms with Gasteiger partial charge in [0.05, 0.1) is 18.9 Å². The van der Waals surface area contributed by atoms with Crippen LogP contribution in [0.15, 0.2) is 59.4 Å². The van der Waals surface area contributed by atoms with E-state index in [4.69, 9.17) is 16.3 Å². The van der Waals surface area contributed by atoms with E-state index in [2.05, 4.69) is 21.6 Å². The molecule has 2 saturated heterocycles. The number of benzene rings is 1. The van der Waals surface area contributed by atoms with Crippen LogP contribution in [0.3, 0.4) is 0 Å². The zero-order valence-electron chi connectivity index (χ0n) is 21.0. The fourth-order valence-electron chi connectivity index (χ4n) is 4.55. The minimum Gasteiger partial charge on any atom is -0.465 e. The van der Waals surface area contributed by atoms with Crippen LogP contribution in [0.1, 0.15) is 30.6 Å². The first-order chi connectivity index (χ1) is 18.1. The van der Waals surface area contributed by atoms with Gasteiger partial charge in [0.1, 0.15) is 11.6 Å². The van der Waals surface area contributed by atoms with Crippen molar-refractivity contribution in [2.45, 2.75) is 20.3 Å². The van der Waals surface area contributed by atoms with Gasteiger partial charge in [-0.3, -0.25) is 15.0 Å². The minimum atomic E-state index is -0.792. The number of nitrogens with one attached hydrogen (secondary N) is 1. The average Bonchev–Trinajstić information content (AvgIpc) is 3.58. The molecule has 3 amide bonds. The summed E-state index contributed by atoms with van der Waals surface area (Å²) in [5.74, 6) is -1.45. The molecule has 1 atom stereocenters. The van der Waals surface area contributed by atoms with Crippen LogP contribution < -0.4 is 10.1 Å². The number of rotatable bonds is 5. The number of urea groups is 1. The molecule has 2 aliphatic heterocycles. The highest BCUT2D eigenvalue weighted by Gasteiger charge is 2.51. The largest absolute Gasteiger partial charge is 0.465 e. The SMILES string of the molecule is C=C1/C(=C\C(Cl)=C/C)C2(CCN(C(C)=O)C2)CN1C(=O)Nc1ncc(Oc2ccc(C(=O)OC)c(F)c2)s1. The fraction of sp³-hybridized carbons (Fsp3) is 0.308. The van der Waals surface area contributed by atoms with Crippen LogP contribution in [-0.2, 0) is 9.53 Å². The first kappa shape index (κ1) is 27.3. The highest BCUT2D eigenvalue weighted by atomic mass is 35.5. The van der Waals surface area contributed by atoms with E-state index < -0.39 is 23.2 Å². The Kier molecular flexibility index (Phi) is 7.89. The summed E-state index contributed by atoms with van der Waals surface area (Å²) < 4.78 is 24.4. The minimum absolute atomic E-state index is 0.0259. The van der Waals surface area contributed by atoms with E-state index in [1.54, 1.807) is 17.1 Å². The molecular weight excluding hydrogens is 535 g/mol. The van der Waals surface area contributed by atoms with Gasteiger partial charge in [-0.15, -0.1) is 0 Å². The van der Waals surface area contributed by atoms with Crippen molar-refractivity contribution in [3.8, 4) is 10.8 Å². The average molecular weight is 561 g/mol. The highest BCUT2D eigenvalue weighted by Crippen LogP contribution is 2.49. The van der Waals surface area contributed by atoms with Crippen molar-refractivity contribution in [1.82, 2.24) is 14.8 Å². The van der Waals surface area contributed by atoms with E-state index in [0.29, 0.717) is 41.8 Å². The second kappa shape index (κ2) is 11.0. The Labute approximate surface area is 228 Å². The number of amides is 3.